The van der Waals surface area contributed by atoms with Crippen LogP contribution in [-0.4, -0.2) is 22.7 Å². The Morgan fingerprint density at radius 2 is 2.05 bits per heavy atom. The highest BCUT2D eigenvalue weighted by Gasteiger charge is 2.09. The molecule has 0 aromatic carbocycles. The summed E-state index contributed by atoms with van der Waals surface area (Å²) >= 11 is 12.0. The molecule has 0 aliphatic heterocycles. The van der Waals surface area contributed by atoms with Crippen molar-refractivity contribution in [3.63, 3.8) is 0 Å². The first-order chi connectivity index (χ1) is 10.5. The van der Waals surface area contributed by atoms with E-state index >= 15 is 0 Å². The van der Waals surface area contributed by atoms with Crippen LogP contribution in [0.1, 0.15) is 24.1 Å². The maximum Gasteiger partial charge on any atom is 0.191 e. The van der Waals surface area contributed by atoms with Gasteiger partial charge in [0.15, 0.2) is 11.7 Å². The molecule has 120 valence electrons. The fourth-order valence-electron chi connectivity index (χ4n) is 1.93. The number of guanidine groups is 1. The van der Waals surface area contributed by atoms with E-state index in [9.17, 15) is 0 Å². The van der Waals surface area contributed by atoms with E-state index in [0.29, 0.717) is 29.2 Å². The van der Waals surface area contributed by atoms with E-state index in [1.54, 1.807) is 7.05 Å². The van der Waals surface area contributed by atoms with E-state index in [0.717, 1.165) is 23.6 Å². The Morgan fingerprint density at radius 1 is 1.32 bits per heavy atom. The highest BCUT2D eigenvalue weighted by atomic mass is 35.5. The van der Waals surface area contributed by atoms with Gasteiger partial charge in [-0.05, 0) is 12.5 Å². The topological polar surface area (TPSA) is 67.4 Å². The summed E-state index contributed by atoms with van der Waals surface area (Å²) < 4.78 is 7.04. The molecule has 0 aliphatic rings. The van der Waals surface area contributed by atoms with E-state index in [-0.39, 0.29) is 0 Å². The zero-order valence-electron chi connectivity index (χ0n) is 12.8. The van der Waals surface area contributed by atoms with Gasteiger partial charge in [0, 0.05) is 25.9 Å². The van der Waals surface area contributed by atoms with Crippen molar-refractivity contribution in [2.75, 3.05) is 7.05 Å². The van der Waals surface area contributed by atoms with Gasteiger partial charge in [-0.2, -0.15) is 0 Å². The predicted molar refractivity (Wildman–Crippen MR) is 88.4 cm³/mol. The third-order valence-corrected chi connectivity index (χ3v) is 4.12. The van der Waals surface area contributed by atoms with Crippen LogP contribution in [0.2, 0.25) is 10.2 Å². The van der Waals surface area contributed by atoms with Crippen LogP contribution in [0.3, 0.4) is 0 Å². The minimum atomic E-state index is 0.515. The molecule has 8 heteroatoms. The Balaban J connectivity index is 1.88. The Morgan fingerprint density at radius 3 is 2.59 bits per heavy atom. The third kappa shape index (κ3) is 3.96. The van der Waals surface area contributed by atoms with Crippen molar-refractivity contribution in [1.82, 2.24) is 20.4 Å². The Kier molecular flexibility index (Phi) is 5.74. The summed E-state index contributed by atoms with van der Waals surface area (Å²) in [5.41, 5.74) is 1.90. The van der Waals surface area contributed by atoms with Crippen LogP contribution in [0.15, 0.2) is 21.6 Å². The van der Waals surface area contributed by atoms with Gasteiger partial charge in [0.2, 0.25) is 0 Å². The zero-order chi connectivity index (χ0) is 16.1. The molecule has 6 nitrogen and oxygen atoms in total. The lowest BCUT2D eigenvalue weighted by molar-refractivity contribution is 0.374. The van der Waals surface area contributed by atoms with Gasteiger partial charge >= 0.3 is 0 Å². The van der Waals surface area contributed by atoms with Crippen molar-refractivity contribution < 1.29 is 4.52 Å². The number of aryl methyl sites for hydroxylation is 1. The molecule has 2 rings (SSSR count). The van der Waals surface area contributed by atoms with Crippen molar-refractivity contribution in [3.8, 4) is 0 Å². The fourth-order valence-corrected chi connectivity index (χ4v) is 2.35. The maximum absolute atomic E-state index is 6.04. The van der Waals surface area contributed by atoms with Crippen LogP contribution in [0.4, 0.5) is 0 Å². The molecule has 0 amide bonds. The normalized spacial score (nSPS) is 11.8. The Labute approximate surface area is 139 Å². The molecular formula is C14H19Cl2N5O. The van der Waals surface area contributed by atoms with Crippen LogP contribution in [0, 0.1) is 0 Å². The van der Waals surface area contributed by atoms with Gasteiger partial charge in [0.05, 0.1) is 23.8 Å². The van der Waals surface area contributed by atoms with Crippen LogP contribution < -0.4 is 10.6 Å². The SMILES string of the molecule is CCc1cc(CNC(=NC)NCc2cc(Cl)c(Cl)n2C)on1. The van der Waals surface area contributed by atoms with Gasteiger partial charge in [0.1, 0.15) is 5.15 Å². The van der Waals surface area contributed by atoms with E-state index in [2.05, 4.69) is 20.8 Å². The molecule has 2 aromatic heterocycles. The first-order valence-corrected chi connectivity index (χ1v) is 7.69. The number of halogens is 2. The zero-order valence-corrected chi connectivity index (χ0v) is 14.3. The minimum Gasteiger partial charge on any atom is -0.359 e. The first-order valence-electron chi connectivity index (χ1n) is 6.93. The molecule has 0 atom stereocenters. The molecule has 0 bridgehead atoms. The molecule has 0 fully saturated rings. The van der Waals surface area contributed by atoms with Gasteiger partial charge in [-0.3, -0.25) is 4.99 Å². The summed E-state index contributed by atoms with van der Waals surface area (Å²) in [5.74, 6) is 1.42. The molecular weight excluding hydrogens is 325 g/mol. The van der Waals surface area contributed by atoms with Gasteiger partial charge in [-0.1, -0.05) is 35.3 Å². The Hall–Kier alpha value is -1.66. The summed E-state index contributed by atoms with van der Waals surface area (Å²) in [6.45, 7) is 3.10. The van der Waals surface area contributed by atoms with Crippen molar-refractivity contribution in [2.24, 2.45) is 12.0 Å². The summed E-state index contributed by atoms with van der Waals surface area (Å²) in [5, 5.41) is 11.4. The molecule has 0 saturated heterocycles. The fraction of sp³-hybridized carbons (Fsp3) is 0.429. The highest BCUT2D eigenvalue weighted by molar-refractivity contribution is 6.41. The smallest absolute Gasteiger partial charge is 0.191 e. The number of hydrogen-bond acceptors (Lipinski definition) is 3. The number of nitrogens with zero attached hydrogens (tertiary/aromatic N) is 3. The van der Waals surface area contributed by atoms with E-state index in [4.69, 9.17) is 27.7 Å². The second-order valence-corrected chi connectivity index (χ2v) is 5.52. The summed E-state index contributed by atoms with van der Waals surface area (Å²) in [6.07, 6.45) is 0.853. The van der Waals surface area contributed by atoms with Crippen molar-refractivity contribution in [1.29, 1.82) is 0 Å². The van der Waals surface area contributed by atoms with Gasteiger partial charge in [-0.15, -0.1) is 0 Å². The molecule has 0 saturated carbocycles. The lowest BCUT2D eigenvalue weighted by Crippen LogP contribution is -2.36. The second-order valence-electron chi connectivity index (χ2n) is 4.75. The summed E-state index contributed by atoms with van der Waals surface area (Å²) in [7, 11) is 3.57. The van der Waals surface area contributed by atoms with Crippen molar-refractivity contribution in [3.05, 3.63) is 39.5 Å². The lowest BCUT2D eigenvalue weighted by atomic mass is 10.3. The second kappa shape index (κ2) is 7.56. The minimum absolute atomic E-state index is 0.515. The van der Waals surface area contributed by atoms with E-state index < -0.39 is 0 Å². The van der Waals surface area contributed by atoms with Gasteiger partial charge in [0.25, 0.3) is 0 Å². The average molecular weight is 344 g/mol. The van der Waals surface area contributed by atoms with Gasteiger partial charge < -0.3 is 19.7 Å². The average Bonchev–Trinajstić information content (AvgIpc) is 3.08. The summed E-state index contributed by atoms with van der Waals surface area (Å²) in [4.78, 5) is 4.16. The number of aliphatic imine (C=N–C) groups is 1. The third-order valence-electron chi connectivity index (χ3n) is 3.28. The quantitative estimate of drug-likeness (QED) is 0.647. The number of aromatic nitrogens is 2. The van der Waals surface area contributed by atoms with Crippen LogP contribution in [0.5, 0.6) is 0 Å². The molecule has 22 heavy (non-hydrogen) atoms. The van der Waals surface area contributed by atoms with E-state index in [1.807, 2.05) is 30.7 Å². The molecule has 0 unspecified atom stereocenters. The van der Waals surface area contributed by atoms with Crippen molar-refractivity contribution in [2.45, 2.75) is 26.4 Å². The van der Waals surface area contributed by atoms with Gasteiger partial charge in [-0.25, -0.2) is 0 Å². The monoisotopic (exact) mass is 343 g/mol. The van der Waals surface area contributed by atoms with Crippen molar-refractivity contribution >= 4 is 29.2 Å². The lowest BCUT2D eigenvalue weighted by Gasteiger charge is -2.11. The highest BCUT2D eigenvalue weighted by Crippen LogP contribution is 2.24. The number of hydrogen-bond donors (Lipinski definition) is 2. The maximum atomic E-state index is 6.04. The standard InChI is InChI=1S/C14H19Cl2N5O/c1-4-9-5-11(22-20-9)8-19-14(17-2)18-7-10-6-12(15)13(16)21(10)3/h5-6H,4,7-8H2,1-3H3,(H2,17,18,19). The number of rotatable bonds is 5. The molecule has 0 radical (unpaired) electrons. The largest absolute Gasteiger partial charge is 0.359 e. The molecule has 0 spiro atoms. The van der Waals surface area contributed by atoms with Crippen LogP contribution in [0.25, 0.3) is 0 Å². The molecule has 2 N–H and O–H groups in total. The number of nitrogens with one attached hydrogen (secondary N) is 2. The molecule has 2 aromatic rings. The van der Waals surface area contributed by atoms with E-state index in [1.165, 1.54) is 0 Å². The summed E-state index contributed by atoms with van der Waals surface area (Å²) in [6, 6.07) is 3.76. The molecule has 2 heterocycles. The van der Waals surface area contributed by atoms with Crippen LogP contribution in [-0.2, 0) is 26.6 Å². The molecule has 0 aliphatic carbocycles. The first kappa shape index (κ1) is 16.7. The van der Waals surface area contributed by atoms with Crippen LogP contribution >= 0.6 is 23.2 Å². The Bertz CT molecular complexity index is 662. The predicted octanol–water partition coefficient (Wildman–Crippen LogP) is 2.75.